The Labute approximate surface area is 87.8 Å². The zero-order valence-electron chi connectivity index (χ0n) is 8.68. The highest BCUT2D eigenvalue weighted by atomic mass is 32.1. The Hall–Kier alpha value is -0.870. The first kappa shape index (κ1) is 11.2. The van der Waals surface area contributed by atoms with Gasteiger partial charge in [0, 0.05) is 16.3 Å². The summed E-state index contributed by atoms with van der Waals surface area (Å²) in [4.78, 5) is 13.9. The predicted molar refractivity (Wildman–Crippen MR) is 57.9 cm³/mol. The van der Waals surface area contributed by atoms with Crippen molar-refractivity contribution < 1.29 is 9.90 Å². The van der Waals surface area contributed by atoms with E-state index in [4.69, 9.17) is 5.11 Å². The molecule has 1 amide bonds. The number of nitrogens with one attached hydrogen (secondary N) is 1. The van der Waals surface area contributed by atoms with Crippen molar-refractivity contribution in [1.29, 1.82) is 0 Å². The maximum absolute atomic E-state index is 11.6. The van der Waals surface area contributed by atoms with E-state index in [2.05, 4.69) is 5.32 Å². The van der Waals surface area contributed by atoms with Crippen LogP contribution in [0.25, 0.3) is 0 Å². The van der Waals surface area contributed by atoms with Crippen molar-refractivity contribution in [1.82, 2.24) is 5.32 Å². The first-order valence-electron chi connectivity index (χ1n) is 4.53. The number of hydrogen-bond acceptors (Lipinski definition) is 3. The van der Waals surface area contributed by atoms with Crippen LogP contribution in [0.2, 0.25) is 0 Å². The molecule has 78 valence electrons. The van der Waals surface area contributed by atoms with Gasteiger partial charge in [0.2, 0.25) is 0 Å². The van der Waals surface area contributed by atoms with E-state index in [0.29, 0.717) is 6.54 Å². The van der Waals surface area contributed by atoms with E-state index in [9.17, 15) is 4.79 Å². The fourth-order valence-corrected chi connectivity index (χ4v) is 2.45. The van der Waals surface area contributed by atoms with Crippen LogP contribution >= 0.6 is 11.3 Å². The lowest BCUT2D eigenvalue weighted by atomic mass is 10.1. The molecule has 1 aromatic rings. The number of carbonyl (C=O) groups excluding carboxylic acids is 1. The first-order valence-corrected chi connectivity index (χ1v) is 5.35. The molecular formula is C10H15NO2S. The van der Waals surface area contributed by atoms with E-state index >= 15 is 0 Å². The highest BCUT2D eigenvalue weighted by Gasteiger charge is 2.15. The minimum Gasteiger partial charge on any atom is -0.395 e. The molecule has 14 heavy (non-hydrogen) atoms. The quantitative estimate of drug-likeness (QED) is 0.797. The van der Waals surface area contributed by atoms with Crippen molar-refractivity contribution in [3.05, 3.63) is 20.9 Å². The Balaban J connectivity index is 2.89. The molecule has 0 saturated carbocycles. The number of aryl methyl sites for hydroxylation is 2. The molecule has 0 unspecified atom stereocenters. The number of rotatable bonds is 3. The average molecular weight is 213 g/mol. The van der Waals surface area contributed by atoms with E-state index in [0.717, 1.165) is 16.0 Å². The Bertz CT molecular complexity index is 344. The molecular weight excluding hydrogens is 198 g/mol. The van der Waals surface area contributed by atoms with Crippen molar-refractivity contribution in [3.8, 4) is 0 Å². The molecule has 0 bridgehead atoms. The van der Waals surface area contributed by atoms with Crippen LogP contribution in [0.4, 0.5) is 0 Å². The van der Waals surface area contributed by atoms with Crippen molar-refractivity contribution in [2.24, 2.45) is 0 Å². The summed E-state index contributed by atoms with van der Waals surface area (Å²) in [7, 11) is 0. The van der Waals surface area contributed by atoms with Gasteiger partial charge in [-0.05, 0) is 26.3 Å². The van der Waals surface area contributed by atoms with Gasteiger partial charge in [-0.3, -0.25) is 4.79 Å². The number of hydrogen-bond donors (Lipinski definition) is 2. The van der Waals surface area contributed by atoms with Crippen LogP contribution in [-0.4, -0.2) is 24.2 Å². The summed E-state index contributed by atoms with van der Waals surface area (Å²) in [5, 5.41) is 11.3. The number of carbonyl (C=O) groups is 1. The third kappa shape index (κ3) is 2.13. The molecule has 0 aliphatic carbocycles. The second kappa shape index (κ2) is 4.57. The molecule has 0 fully saturated rings. The van der Waals surface area contributed by atoms with Gasteiger partial charge in [0.05, 0.1) is 12.2 Å². The van der Waals surface area contributed by atoms with Gasteiger partial charge in [-0.15, -0.1) is 11.3 Å². The summed E-state index contributed by atoms with van der Waals surface area (Å²) in [6.07, 6.45) is 0. The number of thiophene rings is 1. The van der Waals surface area contributed by atoms with E-state index in [1.165, 1.54) is 4.88 Å². The van der Waals surface area contributed by atoms with Crippen molar-refractivity contribution in [2.75, 3.05) is 13.2 Å². The van der Waals surface area contributed by atoms with Crippen LogP contribution in [0.3, 0.4) is 0 Å². The lowest BCUT2D eigenvalue weighted by molar-refractivity contribution is 0.0944. The van der Waals surface area contributed by atoms with Gasteiger partial charge in [0.25, 0.3) is 5.91 Å². The molecule has 0 spiro atoms. The largest absolute Gasteiger partial charge is 0.395 e. The molecule has 1 aromatic heterocycles. The first-order chi connectivity index (χ1) is 6.57. The molecule has 2 N–H and O–H groups in total. The van der Waals surface area contributed by atoms with E-state index < -0.39 is 0 Å². The van der Waals surface area contributed by atoms with Gasteiger partial charge in [0.1, 0.15) is 0 Å². The highest BCUT2D eigenvalue weighted by molar-refractivity contribution is 7.12. The van der Waals surface area contributed by atoms with Crippen LogP contribution in [0.5, 0.6) is 0 Å². The molecule has 0 radical (unpaired) electrons. The number of aliphatic hydroxyl groups is 1. The van der Waals surface area contributed by atoms with Crippen LogP contribution in [0, 0.1) is 20.8 Å². The summed E-state index contributed by atoms with van der Waals surface area (Å²) in [6, 6.07) is 0. The molecule has 0 aliphatic rings. The smallest absolute Gasteiger partial charge is 0.252 e. The van der Waals surface area contributed by atoms with Crippen LogP contribution in [0.15, 0.2) is 0 Å². The van der Waals surface area contributed by atoms with Crippen LogP contribution in [0.1, 0.15) is 25.7 Å². The van der Waals surface area contributed by atoms with Gasteiger partial charge in [-0.2, -0.15) is 0 Å². The Morgan fingerprint density at radius 2 is 2.00 bits per heavy atom. The predicted octanol–water partition coefficient (Wildman–Crippen LogP) is 1.40. The summed E-state index contributed by atoms with van der Waals surface area (Å²) >= 11 is 1.63. The van der Waals surface area contributed by atoms with Gasteiger partial charge in [0.15, 0.2) is 0 Å². The molecule has 1 heterocycles. The van der Waals surface area contributed by atoms with Crippen LogP contribution in [-0.2, 0) is 0 Å². The minimum absolute atomic E-state index is 0.0209. The van der Waals surface area contributed by atoms with Crippen LogP contribution < -0.4 is 5.32 Å². The maximum Gasteiger partial charge on any atom is 0.252 e. The lowest BCUT2D eigenvalue weighted by Crippen LogP contribution is -2.27. The molecule has 0 saturated heterocycles. The summed E-state index contributed by atoms with van der Waals surface area (Å²) in [5.41, 5.74) is 1.81. The number of aliphatic hydroxyl groups excluding tert-OH is 1. The third-order valence-corrected chi connectivity index (χ3v) is 3.31. The second-order valence-electron chi connectivity index (χ2n) is 3.19. The molecule has 4 heteroatoms. The summed E-state index contributed by atoms with van der Waals surface area (Å²) in [5.74, 6) is -0.0848. The van der Waals surface area contributed by atoms with E-state index in [-0.39, 0.29) is 12.5 Å². The minimum atomic E-state index is -0.0848. The van der Waals surface area contributed by atoms with Gasteiger partial charge >= 0.3 is 0 Å². The number of amides is 1. The Morgan fingerprint density at radius 3 is 2.43 bits per heavy atom. The second-order valence-corrected chi connectivity index (χ2v) is 4.62. The molecule has 3 nitrogen and oxygen atoms in total. The topological polar surface area (TPSA) is 49.3 Å². The standard InChI is InChI=1S/C10H15NO2S/c1-6-7(2)14-8(3)9(6)10(13)11-4-5-12/h12H,4-5H2,1-3H3,(H,11,13). The maximum atomic E-state index is 11.6. The SMILES string of the molecule is Cc1sc(C)c(C(=O)NCCO)c1C. The van der Waals surface area contributed by atoms with Gasteiger partial charge < -0.3 is 10.4 Å². The normalized spacial score (nSPS) is 10.3. The summed E-state index contributed by atoms with van der Waals surface area (Å²) < 4.78 is 0. The van der Waals surface area contributed by atoms with E-state index in [1.54, 1.807) is 11.3 Å². The fourth-order valence-electron chi connectivity index (χ4n) is 1.39. The fraction of sp³-hybridized carbons (Fsp3) is 0.500. The molecule has 0 aromatic carbocycles. The highest BCUT2D eigenvalue weighted by Crippen LogP contribution is 2.26. The molecule has 0 aliphatic heterocycles. The van der Waals surface area contributed by atoms with Crippen molar-refractivity contribution >= 4 is 17.2 Å². The van der Waals surface area contributed by atoms with Crippen molar-refractivity contribution in [3.63, 3.8) is 0 Å². The zero-order valence-corrected chi connectivity index (χ0v) is 9.49. The Morgan fingerprint density at radius 1 is 1.36 bits per heavy atom. The van der Waals surface area contributed by atoms with Gasteiger partial charge in [-0.1, -0.05) is 0 Å². The summed E-state index contributed by atoms with van der Waals surface area (Å²) in [6.45, 7) is 6.20. The third-order valence-electron chi connectivity index (χ3n) is 2.19. The monoisotopic (exact) mass is 213 g/mol. The van der Waals surface area contributed by atoms with E-state index in [1.807, 2.05) is 20.8 Å². The zero-order chi connectivity index (χ0) is 10.7. The molecule has 0 atom stereocenters. The average Bonchev–Trinajstić information content (AvgIpc) is 2.38. The van der Waals surface area contributed by atoms with Gasteiger partial charge in [-0.25, -0.2) is 0 Å². The lowest BCUT2D eigenvalue weighted by Gasteiger charge is -2.03. The van der Waals surface area contributed by atoms with Crippen molar-refractivity contribution in [2.45, 2.75) is 20.8 Å². The molecule has 1 rings (SSSR count). The Kier molecular flexibility index (Phi) is 3.66.